The molecule has 1 atom stereocenters. The first kappa shape index (κ1) is 27.0. The Labute approximate surface area is 215 Å². The summed E-state index contributed by atoms with van der Waals surface area (Å²) in [6.45, 7) is 9.10. The Morgan fingerprint density at radius 2 is 1.58 bits per heavy atom. The number of nitrogens with one attached hydrogen (secondary N) is 1. The fourth-order valence-electron chi connectivity index (χ4n) is 4.13. The van der Waals surface area contributed by atoms with Gasteiger partial charge in [0.05, 0.1) is 13.5 Å². The summed E-state index contributed by atoms with van der Waals surface area (Å²) in [5, 5.41) is 3.07. The number of carbonyl (C=O) groups excluding carboxylic acids is 2. The summed E-state index contributed by atoms with van der Waals surface area (Å²) in [7, 11) is 1.62. The van der Waals surface area contributed by atoms with Crippen LogP contribution in [0.4, 0.5) is 0 Å². The maximum absolute atomic E-state index is 13.9. The molecule has 0 aliphatic rings. The maximum atomic E-state index is 13.9. The van der Waals surface area contributed by atoms with Crippen molar-refractivity contribution < 1.29 is 14.3 Å². The summed E-state index contributed by atoms with van der Waals surface area (Å²) < 4.78 is 5.40. The lowest BCUT2D eigenvalue weighted by atomic mass is 10.00. The molecule has 0 bridgehead atoms. The number of methoxy groups -OCH3 is 1. The molecule has 1 unspecified atom stereocenters. The van der Waals surface area contributed by atoms with E-state index in [-0.39, 0.29) is 18.2 Å². The zero-order valence-electron chi connectivity index (χ0n) is 22.1. The van der Waals surface area contributed by atoms with Crippen LogP contribution in [0.3, 0.4) is 0 Å². The molecular weight excluding hydrogens is 448 g/mol. The Balaban J connectivity index is 1.98. The van der Waals surface area contributed by atoms with Gasteiger partial charge in [-0.2, -0.15) is 0 Å². The minimum atomic E-state index is -0.642. The second kappa shape index (κ2) is 12.9. The number of carbonyl (C=O) groups is 2. The topological polar surface area (TPSA) is 58.6 Å². The molecule has 0 saturated heterocycles. The highest BCUT2D eigenvalue weighted by Gasteiger charge is 2.30. The van der Waals surface area contributed by atoms with Crippen LogP contribution in [0.25, 0.3) is 0 Å². The Morgan fingerprint density at radius 1 is 0.861 bits per heavy atom. The van der Waals surface area contributed by atoms with E-state index >= 15 is 0 Å². The third-order valence-electron chi connectivity index (χ3n) is 6.37. The normalized spacial score (nSPS) is 11.7. The molecule has 0 aliphatic carbocycles. The van der Waals surface area contributed by atoms with Gasteiger partial charge in [-0.3, -0.25) is 9.59 Å². The van der Waals surface area contributed by atoms with Gasteiger partial charge in [-0.15, -0.1) is 0 Å². The van der Waals surface area contributed by atoms with Gasteiger partial charge in [0.1, 0.15) is 11.8 Å². The fraction of sp³-hybridized carbons (Fsp3) is 0.355. The first-order chi connectivity index (χ1) is 17.3. The van der Waals surface area contributed by atoms with Crippen molar-refractivity contribution in [3.05, 3.63) is 101 Å². The van der Waals surface area contributed by atoms with Crippen molar-refractivity contribution in [3.8, 4) is 5.75 Å². The Morgan fingerprint density at radius 3 is 2.25 bits per heavy atom. The summed E-state index contributed by atoms with van der Waals surface area (Å²) in [4.78, 5) is 29.1. The quantitative estimate of drug-likeness (QED) is 0.402. The van der Waals surface area contributed by atoms with Crippen LogP contribution < -0.4 is 10.1 Å². The molecule has 2 amide bonds. The molecule has 36 heavy (non-hydrogen) atoms. The molecule has 0 aromatic heterocycles. The molecule has 0 fully saturated rings. The number of hydrogen-bond acceptors (Lipinski definition) is 3. The van der Waals surface area contributed by atoms with Crippen molar-refractivity contribution in [2.24, 2.45) is 5.92 Å². The molecule has 5 heteroatoms. The van der Waals surface area contributed by atoms with Crippen LogP contribution in [0.2, 0.25) is 0 Å². The molecule has 0 heterocycles. The molecule has 1 N–H and O–H groups in total. The first-order valence-corrected chi connectivity index (χ1v) is 12.6. The Hall–Kier alpha value is -3.60. The standard InChI is InChI=1S/C31H38N2O3/c1-22(2)20-32-31(35)29(18-25-10-7-6-8-11-25)33(21-27-12-9-13-28(17-27)36-5)30(34)19-26-15-14-23(3)24(4)16-26/h6-17,22,29H,18-21H2,1-5H3,(H,32,35). The predicted molar refractivity (Wildman–Crippen MR) is 145 cm³/mol. The van der Waals surface area contributed by atoms with Crippen LogP contribution in [0.15, 0.2) is 72.8 Å². The van der Waals surface area contributed by atoms with E-state index in [9.17, 15) is 9.59 Å². The van der Waals surface area contributed by atoms with Gasteiger partial charge in [0.15, 0.2) is 0 Å². The van der Waals surface area contributed by atoms with E-state index in [1.807, 2.05) is 66.7 Å². The highest BCUT2D eigenvalue weighted by Crippen LogP contribution is 2.20. The van der Waals surface area contributed by atoms with Crippen LogP contribution in [-0.4, -0.2) is 36.4 Å². The summed E-state index contributed by atoms with van der Waals surface area (Å²) >= 11 is 0. The third kappa shape index (κ3) is 7.70. The van der Waals surface area contributed by atoms with E-state index in [0.29, 0.717) is 25.4 Å². The summed E-state index contributed by atoms with van der Waals surface area (Å²) in [6, 6.07) is 23.0. The molecule has 3 aromatic carbocycles. The SMILES string of the molecule is COc1cccc(CN(C(=O)Cc2ccc(C)c(C)c2)C(Cc2ccccc2)C(=O)NCC(C)C)c1. The lowest BCUT2D eigenvalue weighted by molar-refractivity contribution is -0.140. The number of ether oxygens (including phenoxy) is 1. The van der Waals surface area contributed by atoms with Crippen LogP contribution in [0, 0.1) is 19.8 Å². The van der Waals surface area contributed by atoms with Crippen LogP contribution in [0.5, 0.6) is 5.75 Å². The van der Waals surface area contributed by atoms with Crippen LogP contribution in [-0.2, 0) is 29.0 Å². The van der Waals surface area contributed by atoms with Gasteiger partial charge in [0.25, 0.3) is 0 Å². The molecule has 3 aromatic rings. The van der Waals surface area contributed by atoms with E-state index in [4.69, 9.17) is 4.74 Å². The minimum Gasteiger partial charge on any atom is -0.497 e. The van der Waals surface area contributed by atoms with Gasteiger partial charge >= 0.3 is 0 Å². The average Bonchev–Trinajstić information content (AvgIpc) is 2.87. The Kier molecular flexibility index (Phi) is 9.69. The maximum Gasteiger partial charge on any atom is 0.243 e. The number of aryl methyl sites for hydroxylation is 2. The average molecular weight is 487 g/mol. The Bertz CT molecular complexity index is 1160. The van der Waals surface area contributed by atoms with Crippen molar-refractivity contribution in [1.82, 2.24) is 10.2 Å². The molecule has 3 rings (SSSR count). The zero-order chi connectivity index (χ0) is 26.1. The lowest BCUT2D eigenvalue weighted by Crippen LogP contribution is -2.51. The fourth-order valence-corrected chi connectivity index (χ4v) is 4.13. The summed E-state index contributed by atoms with van der Waals surface area (Å²) in [6.07, 6.45) is 0.668. The van der Waals surface area contributed by atoms with Crippen molar-refractivity contribution in [2.45, 2.75) is 53.1 Å². The smallest absolute Gasteiger partial charge is 0.243 e. The summed E-state index contributed by atoms with van der Waals surface area (Å²) in [5.74, 6) is 0.813. The predicted octanol–water partition coefficient (Wildman–Crippen LogP) is 5.27. The van der Waals surface area contributed by atoms with Crippen LogP contribution in [0.1, 0.15) is 41.7 Å². The molecule has 0 saturated carbocycles. The van der Waals surface area contributed by atoms with Crippen molar-refractivity contribution in [1.29, 1.82) is 0 Å². The number of rotatable bonds is 11. The summed E-state index contributed by atoms with van der Waals surface area (Å²) in [5.41, 5.74) is 5.21. The highest BCUT2D eigenvalue weighted by molar-refractivity contribution is 5.88. The minimum absolute atomic E-state index is 0.0818. The second-order valence-corrected chi connectivity index (χ2v) is 9.81. The number of hydrogen-bond donors (Lipinski definition) is 1. The molecule has 0 radical (unpaired) electrons. The molecular formula is C31H38N2O3. The van der Waals surface area contributed by atoms with E-state index in [2.05, 4.69) is 39.1 Å². The monoisotopic (exact) mass is 486 g/mol. The second-order valence-electron chi connectivity index (χ2n) is 9.81. The largest absolute Gasteiger partial charge is 0.497 e. The van der Waals surface area contributed by atoms with E-state index in [0.717, 1.165) is 28.0 Å². The van der Waals surface area contributed by atoms with Gasteiger partial charge in [-0.1, -0.05) is 74.5 Å². The molecule has 5 nitrogen and oxygen atoms in total. The van der Waals surface area contributed by atoms with Crippen LogP contribution >= 0.6 is 0 Å². The van der Waals surface area contributed by atoms with E-state index in [1.165, 1.54) is 5.56 Å². The molecule has 0 spiro atoms. The van der Waals surface area contributed by atoms with Gasteiger partial charge < -0.3 is 15.0 Å². The van der Waals surface area contributed by atoms with Gasteiger partial charge in [-0.05, 0) is 59.7 Å². The number of benzene rings is 3. The molecule has 0 aliphatic heterocycles. The number of amides is 2. The van der Waals surface area contributed by atoms with Crippen molar-refractivity contribution >= 4 is 11.8 Å². The van der Waals surface area contributed by atoms with Gasteiger partial charge in [-0.25, -0.2) is 0 Å². The number of nitrogens with zero attached hydrogens (tertiary/aromatic N) is 1. The zero-order valence-corrected chi connectivity index (χ0v) is 22.1. The van der Waals surface area contributed by atoms with E-state index < -0.39 is 6.04 Å². The van der Waals surface area contributed by atoms with Crippen molar-refractivity contribution in [3.63, 3.8) is 0 Å². The highest BCUT2D eigenvalue weighted by atomic mass is 16.5. The third-order valence-corrected chi connectivity index (χ3v) is 6.37. The lowest BCUT2D eigenvalue weighted by Gasteiger charge is -2.32. The first-order valence-electron chi connectivity index (χ1n) is 12.6. The molecule has 190 valence electrons. The van der Waals surface area contributed by atoms with E-state index in [1.54, 1.807) is 12.0 Å². The van der Waals surface area contributed by atoms with Crippen molar-refractivity contribution in [2.75, 3.05) is 13.7 Å². The van der Waals surface area contributed by atoms with Gasteiger partial charge in [0, 0.05) is 19.5 Å². The van der Waals surface area contributed by atoms with Gasteiger partial charge in [0.2, 0.25) is 11.8 Å².